The van der Waals surface area contributed by atoms with Crippen molar-refractivity contribution < 1.29 is 4.74 Å². The van der Waals surface area contributed by atoms with Crippen LogP contribution in [-0.4, -0.2) is 38.9 Å². The smallest absolute Gasteiger partial charge is 0.0726 e. The van der Waals surface area contributed by atoms with Crippen LogP contribution in [0.1, 0.15) is 30.9 Å². The van der Waals surface area contributed by atoms with Gasteiger partial charge >= 0.3 is 0 Å². The maximum absolute atomic E-state index is 5.71. The Hall–Kier alpha value is -1.06. The minimum atomic E-state index is 0.404. The SMILES string of the molecule is Cc1cc(C)cc(N(C)CCNC(C)C2CCCO2)c1. The van der Waals surface area contributed by atoms with Crippen LogP contribution < -0.4 is 10.2 Å². The van der Waals surface area contributed by atoms with Crippen LogP contribution in [0.5, 0.6) is 0 Å². The van der Waals surface area contributed by atoms with Crippen LogP contribution >= 0.6 is 0 Å². The predicted molar refractivity (Wildman–Crippen MR) is 85.6 cm³/mol. The third-order valence-corrected chi connectivity index (χ3v) is 4.08. The fourth-order valence-electron chi connectivity index (χ4n) is 2.89. The van der Waals surface area contributed by atoms with Crippen molar-refractivity contribution in [1.29, 1.82) is 0 Å². The summed E-state index contributed by atoms with van der Waals surface area (Å²) in [7, 11) is 2.16. The summed E-state index contributed by atoms with van der Waals surface area (Å²) in [6, 6.07) is 7.16. The molecule has 112 valence electrons. The van der Waals surface area contributed by atoms with Gasteiger partial charge in [-0.2, -0.15) is 0 Å². The highest BCUT2D eigenvalue weighted by atomic mass is 16.5. The second-order valence-corrected chi connectivity index (χ2v) is 6.06. The summed E-state index contributed by atoms with van der Waals surface area (Å²) in [6.45, 7) is 9.47. The first kappa shape index (κ1) is 15.3. The van der Waals surface area contributed by atoms with E-state index in [9.17, 15) is 0 Å². The lowest BCUT2D eigenvalue weighted by atomic mass is 10.1. The number of hydrogen-bond acceptors (Lipinski definition) is 3. The standard InChI is InChI=1S/C17H28N2O/c1-13-10-14(2)12-16(11-13)19(4)8-7-18-15(3)17-6-5-9-20-17/h10-12,15,17-18H,5-9H2,1-4H3. The second kappa shape index (κ2) is 7.09. The fourth-order valence-corrected chi connectivity index (χ4v) is 2.89. The molecule has 3 heteroatoms. The molecule has 1 aromatic rings. The first-order valence-electron chi connectivity index (χ1n) is 7.70. The molecule has 2 atom stereocenters. The van der Waals surface area contributed by atoms with Gasteiger partial charge in [0.2, 0.25) is 0 Å². The molecule has 3 nitrogen and oxygen atoms in total. The van der Waals surface area contributed by atoms with Crippen molar-refractivity contribution in [2.45, 2.75) is 45.8 Å². The van der Waals surface area contributed by atoms with Crippen molar-refractivity contribution in [3.05, 3.63) is 29.3 Å². The van der Waals surface area contributed by atoms with Gasteiger partial charge in [-0.05, 0) is 56.9 Å². The van der Waals surface area contributed by atoms with E-state index in [2.05, 4.69) is 56.2 Å². The summed E-state index contributed by atoms with van der Waals surface area (Å²) in [4.78, 5) is 2.31. The summed E-state index contributed by atoms with van der Waals surface area (Å²) >= 11 is 0. The van der Waals surface area contributed by atoms with Crippen molar-refractivity contribution in [3.63, 3.8) is 0 Å². The van der Waals surface area contributed by atoms with Gasteiger partial charge in [-0.1, -0.05) is 6.07 Å². The van der Waals surface area contributed by atoms with Crippen molar-refractivity contribution in [3.8, 4) is 0 Å². The fraction of sp³-hybridized carbons (Fsp3) is 0.647. The maximum atomic E-state index is 5.71. The number of benzene rings is 1. The Morgan fingerprint density at radius 3 is 2.60 bits per heavy atom. The van der Waals surface area contributed by atoms with Crippen LogP contribution in [0.3, 0.4) is 0 Å². The highest BCUT2D eigenvalue weighted by Crippen LogP contribution is 2.17. The normalized spacial score (nSPS) is 20.1. The summed E-state index contributed by atoms with van der Waals surface area (Å²) in [5.41, 5.74) is 3.95. The number of aryl methyl sites for hydroxylation is 2. The van der Waals surface area contributed by atoms with E-state index in [1.165, 1.54) is 29.7 Å². The highest BCUT2D eigenvalue weighted by Gasteiger charge is 2.21. The molecule has 1 fully saturated rings. The third kappa shape index (κ3) is 4.22. The van der Waals surface area contributed by atoms with Gasteiger partial charge in [-0.25, -0.2) is 0 Å². The van der Waals surface area contributed by atoms with Crippen LogP contribution in [-0.2, 0) is 4.74 Å². The predicted octanol–water partition coefficient (Wildman–Crippen LogP) is 2.90. The average molecular weight is 276 g/mol. The largest absolute Gasteiger partial charge is 0.377 e. The molecule has 0 bridgehead atoms. The summed E-state index contributed by atoms with van der Waals surface area (Å²) in [6.07, 6.45) is 2.81. The molecule has 1 N–H and O–H groups in total. The monoisotopic (exact) mass is 276 g/mol. The molecule has 1 saturated heterocycles. The van der Waals surface area contributed by atoms with E-state index in [0.717, 1.165) is 19.7 Å². The van der Waals surface area contributed by atoms with Crippen molar-refractivity contribution in [2.75, 3.05) is 31.6 Å². The van der Waals surface area contributed by atoms with Crippen LogP contribution in [0.4, 0.5) is 5.69 Å². The van der Waals surface area contributed by atoms with Crippen LogP contribution in [0.25, 0.3) is 0 Å². The zero-order valence-corrected chi connectivity index (χ0v) is 13.3. The number of likely N-dealkylation sites (N-methyl/N-ethyl adjacent to an activating group) is 1. The lowest BCUT2D eigenvalue weighted by Gasteiger charge is -2.24. The van der Waals surface area contributed by atoms with Gasteiger partial charge in [-0.3, -0.25) is 0 Å². The first-order valence-corrected chi connectivity index (χ1v) is 7.70. The van der Waals surface area contributed by atoms with Crippen LogP contribution in [0, 0.1) is 13.8 Å². The molecule has 0 aliphatic carbocycles. The molecule has 0 aromatic heterocycles. The van der Waals surface area contributed by atoms with Crippen molar-refractivity contribution >= 4 is 5.69 Å². The molecule has 1 aliphatic rings. The number of ether oxygens (including phenoxy) is 1. The molecule has 0 spiro atoms. The minimum Gasteiger partial charge on any atom is -0.377 e. The number of hydrogen-bond donors (Lipinski definition) is 1. The Kier molecular flexibility index (Phi) is 5.44. The highest BCUT2D eigenvalue weighted by molar-refractivity contribution is 5.50. The molecule has 1 aliphatic heterocycles. The van der Waals surface area contributed by atoms with Gasteiger partial charge in [-0.15, -0.1) is 0 Å². The van der Waals surface area contributed by atoms with E-state index in [1.807, 2.05) is 0 Å². The molecular weight excluding hydrogens is 248 g/mol. The Morgan fingerprint density at radius 1 is 1.30 bits per heavy atom. The van der Waals surface area contributed by atoms with E-state index < -0.39 is 0 Å². The Labute approximate surface area is 123 Å². The van der Waals surface area contributed by atoms with Gasteiger partial charge in [0.1, 0.15) is 0 Å². The number of nitrogens with zero attached hydrogens (tertiary/aromatic N) is 1. The molecule has 2 rings (SSSR count). The Balaban J connectivity index is 1.78. The second-order valence-electron chi connectivity index (χ2n) is 6.06. The molecule has 1 heterocycles. The molecule has 20 heavy (non-hydrogen) atoms. The van der Waals surface area contributed by atoms with E-state index in [4.69, 9.17) is 4.74 Å². The van der Waals surface area contributed by atoms with E-state index in [0.29, 0.717) is 12.1 Å². The van der Waals surface area contributed by atoms with Crippen LogP contribution in [0.2, 0.25) is 0 Å². The lowest BCUT2D eigenvalue weighted by Crippen LogP contribution is -2.40. The lowest BCUT2D eigenvalue weighted by molar-refractivity contribution is 0.0841. The number of anilines is 1. The first-order chi connectivity index (χ1) is 9.56. The molecular formula is C17H28N2O. The number of rotatable bonds is 6. The quantitative estimate of drug-likeness (QED) is 0.864. The Bertz CT molecular complexity index is 407. The average Bonchev–Trinajstić information content (AvgIpc) is 2.91. The maximum Gasteiger partial charge on any atom is 0.0726 e. The van der Waals surface area contributed by atoms with Crippen molar-refractivity contribution in [1.82, 2.24) is 5.32 Å². The minimum absolute atomic E-state index is 0.404. The summed E-state index contributed by atoms with van der Waals surface area (Å²) in [5, 5.41) is 3.59. The molecule has 0 amide bonds. The Morgan fingerprint density at radius 2 is 2.00 bits per heavy atom. The molecule has 0 saturated carbocycles. The van der Waals surface area contributed by atoms with E-state index in [-0.39, 0.29) is 0 Å². The van der Waals surface area contributed by atoms with Gasteiger partial charge in [0.25, 0.3) is 0 Å². The number of nitrogens with one attached hydrogen (secondary N) is 1. The third-order valence-electron chi connectivity index (χ3n) is 4.08. The van der Waals surface area contributed by atoms with Gasteiger partial charge < -0.3 is 15.0 Å². The molecule has 2 unspecified atom stereocenters. The van der Waals surface area contributed by atoms with E-state index >= 15 is 0 Å². The van der Waals surface area contributed by atoms with Gasteiger partial charge in [0.05, 0.1) is 6.10 Å². The van der Waals surface area contributed by atoms with Crippen molar-refractivity contribution in [2.24, 2.45) is 0 Å². The van der Waals surface area contributed by atoms with Gasteiger partial charge in [0, 0.05) is 38.5 Å². The zero-order valence-electron chi connectivity index (χ0n) is 13.3. The van der Waals surface area contributed by atoms with Gasteiger partial charge in [0.15, 0.2) is 0 Å². The molecule has 0 radical (unpaired) electrons. The summed E-state index contributed by atoms with van der Waals surface area (Å²) in [5.74, 6) is 0. The van der Waals surface area contributed by atoms with Crippen LogP contribution in [0.15, 0.2) is 18.2 Å². The summed E-state index contributed by atoms with van der Waals surface area (Å²) < 4.78 is 5.71. The van der Waals surface area contributed by atoms with E-state index in [1.54, 1.807) is 0 Å². The zero-order chi connectivity index (χ0) is 14.5. The molecule has 1 aromatic carbocycles. The topological polar surface area (TPSA) is 24.5 Å².